The van der Waals surface area contributed by atoms with Gasteiger partial charge in [-0.2, -0.15) is 0 Å². The molecule has 2 N–H and O–H groups in total. The highest BCUT2D eigenvalue weighted by molar-refractivity contribution is 6.31. The molecule has 5 heterocycles. The largest absolute Gasteiger partial charge is 0.508 e. The summed E-state index contributed by atoms with van der Waals surface area (Å²) in [5.41, 5.74) is 9.16. The van der Waals surface area contributed by atoms with Crippen LogP contribution in [0.1, 0.15) is 43.1 Å². The predicted octanol–water partition coefficient (Wildman–Crippen LogP) is 7.73. The first-order valence-electron chi connectivity index (χ1n) is 18.7. The van der Waals surface area contributed by atoms with Crippen LogP contribution in [0.25, 0.3) is 11.3 Å². The number of anilines is 3. The van der Waals surface area contributed by atoms with E-state index in [0.29, 0.717) is 60.3 Å². The van der Waals surface area contributed by atoms with Gasteiger partial charge in [-0.05, 0) is 96.3 Å². The van der Waals surface area contributed by atoms with Gasteiger partial charge in [-0.15, -0.1) is 24.8 Å². The van der Waals surface area contributed by atoms with Gasteiger partial charge in [0.15, 0.2) is 0 Å². The molecular formula is C43H44Cl3N5O5. The molecule has 9 rings (SSSR count). The third kappa shape index (κ3) is 7.62. The van der Waals surface area contributed by atoms with E-state index in [1.54, 1.807) is 35.2 Å². The second kappa shape index (κ2) is 16.9. The lowest BCUT2D eigenvalue weighted by molar-refractivity contribution is 0.0193. The monoisotopic (exact) mass is 815 g/mol. The number of amides is 2. The van der Waals surface area contributed by atoms with Gasteiger partial charge in [0.25, 0.3) is 11.8 Å². The first kappa shape index (κ1) is 39.7. The Bertz CT molecular complexity index is 2240. The molecule has 0 saturated carbocycles. The van der Waals surface area contributed by atoms with Gasteiger partial charge < -0.3 is 29.4 Å². The van der Waals surface area contributed by atoms with Crippen molar-refractivity contribution in [1.82, 2.24) is 14.4 Å². The molecule has 1 fully saturated rings. The minimum atomic E-state index is -0.236. The summed E-state index contributed by atoms with van der Waals surface area (Å²) in [5, 5.41) is 14.0. The summed E-state index contributed by atoms with van der Waals surface area (Å²) in [7, 11) is 0. The molecule has 4 aliphatic heterocycles. The van der Waals surface area contributed by atoms with Gasteiger partial charge in [-0.25, -0.2) is 0 Å². The first-order valence-corrected chi connectivity index (χ1v) is 19.1. The number of morpholine rings is 1. The Morgan fingerprint density at radius 3 is 2.38 bits per heavy atom. The van der Waals surface area contributed by atoms with E-state index in [1.807, 2.05) is 41.3 Å². The Hall–Kier alpha value is -4.55. The van der Waals surface area contributed by atoms with Gasteiger partial charge in [-0.1, -0.05) is 35.9 Å². The molecule has 10 nitrogen and oxygen atoms in total. The number of hydrogen-bond donors (Lipinski definition) is 2. The minimum Gasteiger partial charge on any atom is -0.508 e. The maximum absolute atomic E-state index is 15.0. The fourth-order valence-corrected chi connectivity index (χ4v) is 8.58. The highest BCUT2D eigenvalue weighted by Gasteiger charge is 2.35. The Labute approximate surface area is 343 Å². The average Bonchev–Trinajstić information content (AvgIpc) is 3.84. The maximum Gasteiger partial charge on any atom is 0.264 e. The highest BCUT2D eigenvalue weighted by atomic mass is 35.5. The summed E-state index contributed by atoms with van der Waals surface area (Å²) < 4.78 is 13.7. The fraction of sp³-hybridized carbons (Fsp3) is 0.302. The Kier molecular flexibility index (Phi) is 12.0. The van der Waals surface area contributed by atoms with Gasteiger partial charge >= 0.3 is 0 Å². The molecule has 5 aromatic rings. The lowest BCUT2D eigenvalue weighted by atomic mass is 9.92. The molecule has 292 valence electrons. The van der Waals surface area contributed by atoms with Crippen LogP contribution in [-0.4, -0.2) is 83.3 Å². The van der Waals surface area contributed by atoms with Gasteiger partial charge in [0.05, 0.1) is 43.4 Å². The van der Waals surface area contributed by atoms with E-state index in [1.165, 1.54) is 5.56 Å². The summed E-state index contributed by atoms with van der Waals surface area (Å²) in [5.74, 6) is -0.189. The van der Waals surface area contributed by atoms with Crippen molar-refractivity contribution >= 4 is 65.3 Å². The molecule has 4 aromatic carbocycles. The van der Waals surface area contributed by atoms with E-state index >= 15 is 0 Å². The van der Waals surface area contributed by atoms with Crippen LogP contribution < -0.4 is 10.2 Å². The minimum absolute atomic E-state index is 0. The number of carbonyl (C=O) groups excluding carboxylic acids is 2. The van der Waals surface area contributed by atoms with Crippen LogP contribution >= 0.6 is 36.4 Å². The second-order valence-electron chi connectivity index (χ2n) is 14.4. The van der Waals surface area contributed by atoms with Crippen LogP contribution in [0.15, 0.2) is 91.0 Å². The molecule has 0 unspecified atom stereocenters. The molecule has 0 aliphatic carbocycles. The number of carbonyl (C=O) groups is 2. The molecule has 0 radical (unpaired) electrons. The standard InChI is InChI=1S/C43H42ClN5O5.2ClH/c44-31-5-11-36(42(51)48-25-30-4-2-1-3-28(30)21-34(48)26-46-15-18-53-19-16-46)37(23-31)40-24-38(41-27-54-20-17-47(40)41)43(52)49(32-6-9-35(50)10-7-32)33-8-12-39-29(22-33)13-14-45-39;;/h1-12,22-24,34,45,50H,13-21,25-27H2;2*1H/t34-;;/m0../s1. The second-order valence-corrected chi connectivity index (χ2v) is 14.9. The lowest BCUT2D eigenvalue weighted by Gasteiger charge is -2.40. The Morgan fingerprint density at radius 1 is 0.821 bits per heavy atom. The van der Waals surface area contributed by atoms with Crippen molar-refractivity contribution in [2.45, 2.75) is 38.6 Å². The number of aromatic nitrogens is 1. The van der Waals surface area contributed by atoms with E-state index in [0.717, 1.165) is 72.9 Å². The number of ether oxygens (including phenoxy) is 2. The quantitative estimate of drug-likeness (QED) is 0.174. The SMILES string of the molecule is Cl.Cl.O=C(c1cc(-c2cc(Cl)ccc2C(=O)N2Cc3ccccc3C[C@H]2CN2CCOCC2)n2c1COCC2)N(c1ccc(O)cc1)c1ccc2c(c1)CCN2. The van der Waals surface area contributed by atoms with E-state index in [4.69, 9.17) is 21.1 Å². The number of benzene rings is 4. The van der Waals surface area contributed by atoms with Crippen LogP contribution in [0.3, 0.4) is 0 Å². The zero-order chi connectivity index (χ0) is 36.8. The summed E-state index contributed by atoms with van der Waals surface area (Å²) in [6.45, 7) is 6.39. The summed E-state index contributed by atoms with van der Waals surface area (Å²) in [6, 6.07) is 28.4. The number of aromatic hydroxyl groups is 1. The van der Waals surface area contributed by atoms with Gasteiger partial charge in [0, 0.05) is 78.5 Å². The number of fused-ring (bicyclic) bond motifs is 3. The molecule has 1 saturated heterocycles. The molecule has 2 amide bonds. The summed E-state index contributed by atoms with van der Waals surface area (Å²) in [4.78, 5) is 36.1. The molecule has 4 aliphatic rings. The van der Waals surface area contributed by atoms with E-state index in [9.17, 15) is 14.7 Å². The number of halogens is 3. The average molecular weight is 817 g/mol. The smallest absolute Gasteiger partial charge is 0.264 e. The number of hydrogen-bond acceptors (Lipinski definition) is 7. The van der Waals surface area contributed by atoms with Crippen molar-refractivity contribution in [3.8, 4) is 17.0 Å². The Morgan fingerprint density at radius 2 is 1.57 bits per heavy atom. The lowest BCUT2D eigenvalue weighted by Crippen LogP contribution is -2.52. The van der Waals surface area contributed by atoms with Gasteiger partial charge in [-0.3, -0.25) is 19.4 Å². The third-order valence-corrected chi connectivity index (χ3v) is 11.4. The van der Waals surface area contributed by atoms with E-state index < -0.39 is 0 Å². The Balaban J connectivity index is 0.00000240. The molecule has 1 aromatic heterocycles. The van der Waals surface area contributed by atoms with E-state index in [2.05, 4.69) is 39.0 Å². The molecular weight excluding hydrogens is 773 g/mol. The topological polar surface area (TPSA) is 99.5 Å². The fourth-order valence-electron chi connectivity index (χ4n) is 8.41. The van der Waals surface area contributed by atoms with Crippen LogP contribution in [0.5, 0.6) is 5.75 Å². The predicted molar refractivity (Wildman–Crippen MR) is 223 cm³/mol. The van der Waals surface area contributed by atoms with Crippen molar-refractivity contribution < 1.29 is 24.2 Å². The van der Waals surface area contributed by atoms with Crippen molar-refractivity contribution in [3.05, 3.63) is 130 Å². The highest BCUT2D eigenvalue weighted by Crippen LogP contribution is 2.39. The summed E-state index contributed by atoms with van der Waals surface area (Å²) >= 11 is 6.73. The van der Waals surface area contributed by atoms with Crippen molar-refractivity contribution in [3.63, 3.8) is 0 Å². The molecule has 0 bridgehead atoms. The van der Waals surface area contributed by atoms with Gasteiger partial charge in [0.1, 0.15) is 5.75 Å². The zero-order valence-electron chi connectivity index (χ0n) is 30.8. The van der Waals surface area contributed by atoms with Crippen molar-refractivity contribution in [2.75, 3.05) is 56.2 Å². The maximum atomic E-state index is 15.0. The number of phenols is 1. The van der Waals surface area contributed by atoms with Crippen molar-refractivity contribution in [2.24, 2.45) is 0 Å². The van der Waals surface area contributed by atoms with Crippen LogP contribution in [0.2, 0.25) is 5.02 Å². The zero-order valence-corrected chi connectivity index (χ0v) is 33.2. The third-order valence-electron chi connectivity index (χ3n) is 11.2. The molecule has 0 spiro atoms. The van der Waals surface area contributed by atoms with Gasteiger partial charge in [0.2, 0.25) is 0 Å². The van der Waals surface area contributed by atoms with Crippen LogP contribution in [0.4, 0.5) is 17.1 Å². The number of rotatable bonds is 7. The normalized spacial score (nSPS) is 17.4. The molecule has 56 heavy (non-hydrogen) atoms. The molecule has 1 atom stereocenters. The van der Waals surface area contributed by atoms with E-state index in [-0.39, 0.29) is 55.0 Å². The van der Waals surface area contributed by atoms with Crippen LogP contribution in [-0.2, 0) is 42.0 Å². The number of phenolic OH excluding ortho intramolecular Hbond substituents is 1. The first-order chi connectivity index (χ1) is 26.4. The number of nitrogens with zero attached hydrogens (tertiary/aromatic N) is 4. The van der Waals surface area contributed by atoms with Crippen molar-refractivity contribution in [1.29, 1.82) is 0 Å². The molecule has 13 heteroatoms. The summed E-state index contributed by atoms with van der Waals surface area (Å²) in [6.07, 6.45) is 1.63. The van der Waals surface area contributed by atoms with Crippen LogP contribution in [0, 0.1) is 0 Å². The number of nitrogens with one attached hydrogen (secondary N) is 1.